The van der Waals surface area contributed by atoms with Gasteiger partial charge in [-0.3, -0.25) is 9.69 Å². The molecule has 0 bridgehead atoms. The second kappa shape index (κ2) is 9.88. The van der Waals surface area contributed by atoms with Crippen LogP contribution in [0.3, 0.4) is 0 Å². The first kappa shape index (κ1) is 19.9. The van der Waals surface area contributed by atoms with Crippen LogP contribution in [0.1, 0.15) is 70.3 Å². The molecule has 1 fully saturated rings. The first-order valence-electron chi connectivity index (χ1n) is 10.4. The Hall–Kier alpha value is -1.89. The number of rotatable bonds is 10. The topological polar surface area (TPSA) is 90.6 Å². The number of carbonyl (C=O) groups excluding carboxylic acids is 1. The number of unbranched alkanes of at least 4 members (excludes halogenated alkanes) is 3. The quantitative estimate of drug-likeness (QED) is 0.630. The first-order chi connectivity index (χ1) is 13.2. The fraction of sp³-hybridized carbons (Fsp3) is 0.750. The van der Waals surface area contributed by atoms with Crippen molar-refractivity contribution in [2.75, 3.05) is 30.4 Å². The highest BCUT2D eigenvalue weighted by atomic mass is 16.5. The molecule has 1 saturated heterocycles. The molecule has 1 amide bonds. The minimum absolute atomic E-state index is 0.0484. The number of amides is 1. The zero-order valence-corrected chi connectivity index (χ0v) is 16.4. The molecule has 0 radical (unpaired) electrons. The maximum atomic E-state index is 12.4. The SMILES string of the molecule is CCCCOc1nc(N)c2c(n1)N(CCCCCC1CCCCO1)C(=O)C2. The summed E-state index contributed by atoms with van der Waals surface area (Å²) in [5.74, 6) is 1.04. The van der Waals surface area contributed by atoms with Gasteiger partial charge >= 0.3 is 6.01 Å². The van der Waals surface area contributed by atoms with E-state index in [1.165, 1.54) is 19.3 Å². The number of hydrogen-bond acceptors (Lipinski definition) is 6. The van der Waals surface area contributed by atoms with Crippen LogP contribution in [0.2, 0.25) is 0 Å². The lowest BCUT2D eigenvalue weighted by molar-refractivity contribution is -0.117. The van der Waals surface area contributed by atoms with E-state index in [1.807, 2.05) is 0 Å². The van der Waals surface area contributed by atoms with Gasteiger partial charge in [-0.15, -0.1) is 0 Å². The van der Waals surface area contributed by atoms with E-state index in [-0.39, 0.29) is 18.3 Å². The van der Waals surface area contributed by atoms with Gasteiger partial charge in [0.15, 0.2) is 0 Å². The summed E-state index contributed by atoms with van der Waals surface area (Å²) in [7, 11) is 0. The summed E-state index contributed by atoms with van der Waals surface area (Å²) >= 11 is 0. The molecule has 1 unspecified atom stereocenters. The second-order valence-corrected chi connectivity index (χ2v) is 7.46. The van der Waals surface area contributed by atoms with Gasteiger partial charge in [-0.05, 0) is 38.5 Å². The molecule has 1 aromatic rings. The highest BCUT2D eigenvalue weighted by molar-refractivity contribution is 6.01. The van der Waals surface area contributed by atoms with Crippen molar-refractivity contribution in [2.45, 2.75) is 77.2 Å². The Morgan fingerprint density at radius 1 is 1.22 bits per heavy atom. The van der Waals surface area contributed by atoms with E-state index in [4.69, 9.17) is 15.2 Å². The summed E-state index contributed by atoms with van der Waals surface area (Å²) in [5.41, 5.74) is 6.77. The smallest absolute Gasteiger partial charge is 0.320 e. The Kier molecular flexibility index (Phi) is 7.26. The van der Waals surface area contributed by atoms with Crippen molar-refractivity contribution in [2.24, 2.45) is 0 Å². The van der Waals surface area contributed by atoms with E-state index < -0.39 is 0 Å². The number of hydrogen-bond donors (Lipinski definition) is 1. The first-order valence-corrected chi connectivity index (χ1v) is 10.4. The van der Waals surface area contributed by atoms with Crippen molar-refractivity contribution >= 4 is 17.5 Å². The lowest BCUT2D eigenvalue weighted by atomic mass is 10.0. The van der Waals surface area contributed by atoms with Crippen LogP contribution in [0.25, 0.3) is 0 Å². The molecule has 1 aromatic heterocycles. The largest absolute Gasteiger partial charge is 0.463 e. The average Bonchev–Trinajstić information content (AvgIpc) is 2.99. The monoisotopic (exact) mass is 376 g/mol. The molecule has 7 nitrogen and oxygen atoms in total. The molecule has 3 heterocycles. The Labute approximate surface area is 161 Å². The minimum Gasteiger partial charge on any atom is -0.463 e. The van der Waals surface area contributed by atoms with Gasteiger partial charge in [-0.25, -0.2) is 0 Å². The van der Waals surface area contributed by atoms with Crippen molar-refractivity contribution in [3.63, 3.8) is 0 Å². The van der Waals surface area contributed by atoms with Crippen LogP contribution in [-0.4, -0.2) is 41.7 Å². The van der Waals surface area contributed by atoms with Crippen LogP contribution < -0.4 is 15.4 Å². The summed E-state index contributed by atoms with van der Waals surface area (Å²) in [6, 6.07) is 0.272. The number of ether oxygens (including phenoxy) is 2. The van der Waals surface area contributed by atoms with Crippen LogP contribution in [0, 0.1) is 0 Å². The fourth-order valence-corrected chi connectivity index (χ4v) is 3.68. The predicted octanol–water partition coefficient (Wildman–Crippen LogP) is 3.26. The fourth-order valence-electron chi connectivity index (χ4n) is 3.68. The number of nitrogens with two attached hydrogens (primary N) is 1. The van der Waals surface area contributed by atoms with Crippen molar-refractivity contribution in [1.29, 1.82) is 0 Å². The standard InChI is InChI=1S/C20H32N4O3/c1-2-3-12-27-20-22-18(21)16-14-17(25)24(19(16)23-20)11-7-4-5-9-15-10-6-8-13-26-15/h15H,2-14H2,1H3,(H2,21,22,23). The third-order valence-electron chi connectivity index (χ3n) is 5.29. The number of fused-ring (bicyclic) bond motifs is 1. The van der Waals surface area contributed by atoms with Crippen molar-refractivity contribution in [3.8, 4) is 6.01 Å². The van der Waals surface area contributed by atoms with E-state index in [0.717, 1.165) is 50.7 Å². The van der Waals surface area contributed by atoms with E-state index in [9.17, 15) is 4.79 Å². The lowest BCUT2D eigenvalue weighted by Gasteiger charge is -2.22. The van der Waals surface area contributed by atoms with Gasteiger partial charge in [0, 0.05) is 18.7 Å². The number of nitrogen functional groups attached to an aromatic ring is 1. The summed E-state index contributed by atoms with van der Waals surface area (Å²) in [5, 5.41) is 0. The second-order valence-electron chi connectivity index (χ2n) is 7.46. The average molecular weight is 377 g/mol. The predicted molar refractivity (Wildman–Crippen MR) is 105 cm³/mol. The van der Waals surface area contributed by atoms with Gasteiger partial charge in [0.2, 0.25) is 5.91 Å². The Bertz CT molecular complexity index is 632. The number of carbonyl (C=O) groups is 1. The minimum atomic E-state index is 0.0484. The maximum absolute atomic E-state index is 12.4. The van der Waals surface area contributed by atoms with Crippen molar-refractivity contribution < 1.29 is 14.3 Å². The molecule has 2 aliphatic heterocycles. The molecule has 3 rings (SSSR count). The zero-order chi connectivity index (χ0) is 19.1. The normalized spacial score (nSPS) is 19.4. The van der Waals surface area contributed by atoms with Gasteiger partial charge in [0.25, 0.3) is 0 Å². The van der Waals surface area contributed by atoms with Crippen LogP contribution >= 0.6 is 0 Å². The zero-order valence-electron chi connectivity index (χ0n) is 16.4. The van der Waals surface area contributed by atoms with Gasteiger partial charge in [0.1, 0.15) is 11.6 Å². The van der Waals surface area contributed by atoms with E-state index in [0.29, 0.717) is 30.9 Å². The van der Waals surface area contributed by atoms with Crippen molar-refractivity contribution in [1.82, 2.24) is 9.97 Å². The van der Waals surface area contributed by atoms with Crippen LogP contribution in [-0.2, 0) is 16.0 Å². The number of nitrogens with zero attached hydrogens (tertiary/aromatic N) is 3. The molecular formula is C20H32N4O3. The van der Waals surface area contributed by atoms with E-state index in [2.05, 4.69) is 16.9 Å². The van der Waals surface area contributed by atoms with Crippen LogP contribution in [0.5, 0.6) is 6.01 Å². The Morgan fingerprint density at radius 2 is 2.11 bits per heavy atom. The maximum Gasteiger partial charge on any atom is 0.320 e. The van der Waals surface area contributed by atoms with Crippen LogP contribution in [0.15, 0.2) is 0 Å². The molecule has 1 atom stereocenters. The Balaban J connectivity index is 1.50. The third kappa shape index (κ3) is 5.31. The van der Waals surface area contributed by atoms with Gasteiger partial charge in [-0.2, -0.15) is 9.97 Å². The molecule has 0 spiro atoms. The summed E-state index contributed by atoms with van der Waals surface area (Å²) in [6.45, 7) is 4.24. The molecule has 0 aliphatic carbocycles. The van der Waals surface area contributed by atoms with E-state index in [1.54, 1.807) is 4.90 Å². The highest BCUT2D eigenvalue weighted by Crippen LogP contribution is 2.32. The highest BCUT2D eigenvalue weighted by Gasteiger charge is 2.31. The van der Waals surface area contributed by atoms with E-state index >= 15 is 0 Å². The molecule has 7 heteroatoms. The molecule has 0 saturated carbocycles. The lowest BCUT2D eigenvalue weighted by Crippen LogP contribution is -2.28. The summed E-state index contributed by atoms with van der Waals surface area (Å²) in [4.78, 5) is 22.8. The molecule has 2 N–H and O–H groups in total. The summed E-state index contributed by atoms with van der Waals surface area (Å²) < 4.78 is 11.4. The molecule has 0 aromatic carbocycles. The number of anilines is 2. The van der Waals surface area contributed by atoms with Crippen LogP contribution in [0.4, 0.5) is 11.6 Å². The van der Waals surface area contributed by atoms with Gasteiger partial charge in [-0.1, -0.05) is 26.2 Å². The molecule has 27 heavy (non-hydrogen) atoms. The molecule has 2 aliphatic rings. The molecular weight excluding hydrogens is 344 g/mol. The van der Waals surface area contributed by atoms with Gasteiger partial charge < -0.3 is 15.2 Å². The van der Waals surface area contributed by atoms with Gasteiger partial charge in [0.05, 0.1) is 19.1 Å². The molecule has 150 valence electrons. The van der Waals surface area contributed by atoms with Crippen molar-refractivity contribution in [3.05, 3.63) is 5.56 Å². The third-order valence-corrected chi connectivity index (χ3v) is 5.29. The number of aromatic nitrogens is 2. The summed E-state index contributed by atoms with van der Waals surface area (Å²) in [6.07, 6.45) is 10.7. The Morgan fingerprint density at radius 3 is 2.89 bits per heavy atom.